The van der Waals surface area contributed by atoms with E-state index >= 15 is 0 Å². The van der Waals surface area contributed by atoms with E-state index in [2.05, 4.69) is 27.1 Å². The maximum atomic E-state index is 13.1. The summed E-state index contributed by atoms with van der Waals surface area (Å²) < 4.78 is 37.0. The summed E-state index contributed by atoms with van der Waals surface area (Å²) in [5.41, 5.74) is 2.50. The van der Waals surface area contributed by atoms with Gasteiger partial charge in [-0.2, -0.15) is 0 Å². The van der Waals surface area contributed by atoms with Crippen molar-refractivity contribution in [2.75, 3.05) is 11.1 Å². The monoisotopic (exact) mass is 488 g/mol. The summed E-state index contributed by atoms with van der Waals surface area (Å²) >= 11 is 1.46. The molecule has 0 aliphatic carbocycles. The van der Waals surface area contributed by atoms with Gasteiger partial charge in [-0.25, -0.2) is 17.8 Å². The molecule has 1 amide bonds. The first-order valence-electron chi connectivity index (χ1n) is 10.7. The second-order valence-corrected chi connectivity index (χ2v) is 11.3. The van der Waals surface area contributed by atoms with Crippen LogP contribution in [0.1, 0.15) is 48.1 Å². The molecule has 1 atom stereocenters. The molecule has 1 aliphatic rings. The van der Waals surface area contributed by atoms with Crippen molar-refractivity contribution in [2.45, 2.75) is 50.7 Å². The number of amides is 1. The molecule has 0 unspecified atom stereocenters. The number of thiazole rings is 1. The van der Waals surface area contributed by atoms with Crippen molar-refractivity contribution >= 4 is 32.2 Å². The highest BCUT2D eigenvalue weighted by molar-refractivity contribution is 7.91. The number of rotatable bonds is 8. The highest BCUT2D eigenvalue weighted by atomic mass is 32.2. The number of pyridine rings is 1. The molecule has 1 N–H and O–H groups in total. The molecule has 2 aromatic heterocycles. The fourth-order valence-electron chi connectivity index (χ4n) is 3.91. The highest BCUT2D eigenvalue weighted by Crippen LogP contribution is 2.40. The zero-order valence-corrected chi connectivity index (χ0v) is 20.0. The zero-order chi connectivity index (χ0) is 23.6. The number of sulfone groups is 1. The molecule has 4 rings (SSSR count). The highest BCUT2D eigenvalue weighted by Gasteiger charge is 2.33. The number of halogens is 1. The van der Waals surface area contributed by atoms with Gasteiger partial charge in [0.25, 0.3) is 0 Å². The molecule has 174 valence electrons. The van der Waals surface area contributed by atoms with E-state index in [9.17, 15) is 17.6 Å². The van der Waals surface area contributed by atoms with Gasteiger partial charge >= 0.3 is 0 Å². The number of carbonyl (C=O) groups excluding carboxylic acids is 1. The quantitative estimate of drug-likeness (QED) is 0.513. The average Bonchev–Trinajstić information content (AvgIpc) is 3.31. The number of nitrogens with zero attached hydrogens (tertiary/aromatic N) is 3. The van der Waals surface area contributed by atoms with Crippen LogP contribution in [0.15, 0.2) is 47.5 Å². The van der Waals surface area contributed by atoms with Crippen molar-refractivity contribution in [1.29, 1.82) is 0 Å². The number of fused-ring (bicyclic) bond motifs is 1. The molecule has 7 nitrogen and oxygen atoms in total. The zero-order valence-electron chi connectivity index (χ0n) is 18.4. The summed E-state index contributed by atoms with van der Waals surface area (Å²) in [7, 11) is -3.26. The molecule has 1 aromatic carbocycles. The SMILES string of the molecule is CC[C@@H]1c2nc(NC(=O)Cc3ccc(S(=O)(=O)CC)cc3)sc2CN1Cc1ccc(F)cn1. The standard InChI is InChI=1S/C23H25FN4O3S2/c1-3-19-22-20(14-28(19)13-17-8-7-16(24)12-25-17)32-23(27-22)26-21(29)11-15-5-9-18(10-6-15)33(30,31)4-2/h5-10,12,19H,3-4,11,13-14H2,1-2H3,(H,26,27,29)/t19-/m1/s1. The van der Waals surface area contributed by atoms with Gasteiger partial charge in [-0.05, 0) is 36.2 Å². The average molecular weight is 489 g/mol. The Kier molecular flexibility index (Phi) is 6.87. The van der Waals surface area contributed by atoms with Crippen LogP contribution < -0.4 is 5.32 Å². The normalized spacial score (nSPS) is 16.0. The smallest absolute Gasteiger partial charge is 0.230 e. The Bertz CT molecular complexity index is 1240. The summed E-state index contributed by atoms with van der Waals surface area (Å²) in [6.45, 7) is 5.00. The molecular weight excluding hydrogens is 463 g/mol. The van der Waals surface area contributed by atoms with Crippen LogP contribution in [-0.2, 0) is 34.1 Å². The molecule has 0 radical (unpaired) electrons. The lowest BCUT2D eigenvalue weighted by Gasteiger charge is -2.23. The fourth-order valence-corrected chi connectivity index (χ4v) is 5.86. The number of carbonyl (C=O) groups is 1. The van der Waals surface area contributed by atoms with E-state index in [-0.39, 0.29) is 34.8 Å². The Labute approximate surface area is 196 Å². The summed E-state index contributed by atoms with van der Waals surface area (Å²) in [4.78, 5) is 25.0. The Balaban J connectivity index is 1.38. The minimum atomic E-state index is -3.26. The van der Waals surface area contributed by atoms with Crippen LogP contribution in [0.2, 0.25) is 0 Å². The molecule has 3 heterocycles. The number of aromatic nitrogens is 2. The van der Waals surface area contributed by atoms with E-state index in [1.165, 1.54) is 35.7 Å². The summed E-state index contributed by atoms with van der Waals surface area (Å²) in [5, 5.41) is 3.43. The lowest BCUT2D eigenvalue weighted by atomic mass is 10.1. The third kappa shape index (κ3) is 5.29. The topological polar surface area (TPSA) is 92.3 Å². The third-order valence-corrected chi connectivity index (χ3v) is 8.37. The summed E-state index contributed by atoms with van der Waals surface area (Å²) in [6.07, 6.45) is 2.22. The second-order valence-electron chi connectivity index (χ2n) is 7.90. The van der Waals surface area contributed by atoms with Gasteiger partial charge in [0.05, 0.1) is 40.7 Å². The fraction of sp³-hybridized carbons (Fsp3) is 0.348. The van der Waals surface area contributed by atoms with E-state index in [0.29, 0.717) is 18.2 Å². The number of hydrogen-bond acceptors (Lipinski definition) is 7. The minimum Gasteiger partial charge on any atom is -0.302 e. The first kappa shape index (κ1) is 23.5. The van der Waals surface area contributed by atoms with Gasteiger partial charge in [-0.15, -0.1) is 11.3 Å². The van der Waals surface area contributed by atoms with Gasteiger partial charge in [0, 0.05) is 18.0 Å². The molecule has 1 aliphatic heterocycles. The molecule has 0 saturated heterocycles. The predicted molar refractivity (Wildman–Crippen MR) is 125 cm³/mol. The van der Waals surface area contributed by atoms with Gasteiger partial charge in [0.1, 0.15) is 5.82 Å². The Morgan fingerprint density at radius 2 is 1.97 bits per heavy atom. The molecular formula is C23H25FN4O3S2. The Morgan fingerprint density at radius 3 is 2.61 bits per heavy atom. The van der Waals surface area contributed by atoms with Gasteiger partial charge < -0.3 is 5.32 Å². The van der Waals surface area contributed by atoms with Crippen LogP contribution in [0.25, 0.3) is 0 Å². The Morgan fingerprint density at radius 1 is 1.21 bits per heavy atom. The van der Waals surface area contributed by atoms with E-state index < -0.39 is 9.84 Å². The number of nitrogens with one attached hydrogen (secondary N) is 1. The molecule has 10 heteroatoms. The molecule has 3 aromatic rings. The first-order chi connectivity index (χ1) is 15.8. The number of benzene rings is 1. The van der Waals surface area contributed by atoms with Gasteiger partial charge in [-0.3, -0.25) is 14.7 Å². The first-order valence-corrected chi connectivity index (χ1v) is 13.2. The molecule has 0 fully saturated rings. The van der Waals surface area contributed by atoms with Crippen molar-refractivity contribution < 1.29 is 17.6 Å². The van der Waals surface area contributed by atoms with Crippen LogP contribution in [0.5, 0.6) is 0 Å². The van der Waals surface area contributed by atoms with Crippen molar-refractivity contribution in [3.63, 3.8) is 0 Å². The maximum Gasteiger partial charge on any atom is 0.230 e. The van der Waals surface area contributed by atoms with Crippen LogP contribution in [0.3, 0.4) is 0 Å². The van der Waals surface area contributed by atoms with E-state index in [4.69, 9.17) is 0 Å². The van der Waals surface area contributed by atoms with Crippen molar-refractivity contribution in [2.24, 2.45) is 0 Å². The number of anilines is 1. The van der Waals surface area contributed by atoms with Crippen molar-refractivity contribution in [3.05, 3.63) is 70.2 Å². The largest absolute Gasteiger partial charge is 0.302 e. The predicted octanol–water partition coefficient (Wildman–Crippen LogP) is 4.12. The van der Waals surface area contributed by atoms with Crippen molar-refractivity contribution in [1.82, 2.24) is 14.9 Å². The molecule has 0 bridgehead atoms. The Hall–Kier alpha value is -2.69. The van der Waals surface area contributed by atoms with E-state index in [0.717, 1.165) is 28.2 Å². The lowest BCUT2D eigenvalue weighted by molar-refractivity contribution is -0.115. The molecule has 0 spiro atoms. The lowest BCUT2D eigenvalue weighted by Crippen LogP contribution is -2.22. The maximum absolute atomic E-state index is 13.1. The summed E-state index contributed by atoms with van der Waals surface area (Å²) in [5.74, 6) is -0.512. The summed E-state index contributed by atoms with van der Waals surface area (Å²) in [6, 6.07) is 9.62. The van der Waals surface area contributed by atoms with Crippen molar-refractivity contribution in [3.8, 4) is 0 Å². The van der Waals surface area contributed by atoms with Crippen LogP contribution in [0.4, 0.5) is 9.52 Å². The van der Waals surface area contributed by atoms with Crippen LogP contribution in [0, 0.1) is 5.82 Å². The minimum absolute atomic E-state index is 0.0398. The van der Waals surface area contributed by atoms with Gasteiger partial charge in [0.15, 0.2) is 15.0 Å². The van der Waals surface area contributed by atoms with Gasteiger partial charge in [-0.1, -0.05) is 26.0 Å². The van der Waals surface area contributed by atoms with E-state index in [1.807, 2.05) is 0 Å². The van der Waals surface area contributed by atoms with Crippen LogP contribution >= 0.6 is 11.3 Å². The molecule has 0 saturated carbocycles. The third-order valence-electron chi connectivity index (χ3n) is 5.64. The molecule has 33 heavy (non-hydrogen) atoms. The van der Waals surface area contributed by atoms with Gasteiger partial charge in [0.2, 0.25) is 5.91 Å². The number of hydrogen-bond donors (Lipinski definition) is 1. The second kappa shape index (κ2) is 9.66. The van der Waals surface area contributed by atoms with E-state index in [1.54, 1.807) is 25.1 Å². The van der Waals surface area contributed by atoms with Crippen LogP contribution in [-0.4, -0.2) is 34.9 Å².